The lowest BCUT2D eigenvalue weighted by Gasteiger charge is -2.03. The Morgan fingerprint density at radius 1 is 1.54 bits per heavy atom. The van der Waals surface area contributed by atoms with E-state index in [4.69, 9.17) is 16.9 Å². The Bertz CT molecular complexity index is 404. The molecule has 3 heteroatoms. The zero-order valence-corrected chi connectivity index (χ0v) is 8.14. The lowest BCUT2D eigenvalue weighted by molar-refractivity contribution is 0.101. The SMILES string of the molecule is CC(=O)c1ccc(C)c(Cl)c1C#N. The number of nitrogens with zero attached hydrogens (tertiary/aromatic N) is 1. The van der Waals surface area contributed by atoms with E-state index in [0.29, 0.717) is 10.6 Å². The van der Waals surface area contributed by atoms with Gasteiger partial charge in [0.2, 0.25) is 0 Å². The van der Waals surface area contributed by atoms with Crippen molar-refractivity contribution in [2.75, 3.05) is 0 Å². The Kier molecular flexibility index (Phi) is 2.69. The second kappa shape index (κ2) is 3.59. The highest BCUT2D eigenvalue weighted by molar-refractivity contribution is 6.33. The van der Waals surface area contributed by atoms with Crippen molar-refractivity contribution in [2.24, 2.45) is 0 Å². The summed E-state index contributed by atoms with van der Waals surface area (Å²) in [5, 5.41) is 9.16. The van der Waals surface area contributed by atoms with Gasteiger partial charge in [0.1, 0.15) is 6.07 Å². The van der Waals surface area contributed by atoms with Gasteiger partial charge in [-0.2, -0.15) is 5.26 Å². The van der Waals surface area contributed by atoms with Crippen LogP contribution < -0.4 is 0 Å². The largest absolute Gasteiger partial charge is 0.294 e. The van der Waals surface area contributed by atoms with Gasteiger partial charge in [0.15, 0.2) is 5.78 Å². The molecular formula is C10H8ClNO. The molecule has 0 aliphatic carbocycles. The van der Waals surface area contributed by atoms with Crippen molar-refractivity contribution in [3.63, 3.8) is 0 Å². The van der Waals surface area contributed by atoms with E-state index in [2.05, 4.69) is 0 Å². The quantitative estimate of drug-likeness (QED) is 0.644. The van der Waals surface area contributed by atoms with Crippen LogP contribution in [0.3, 0.4) is 0 Å². The zero-order chi connectivity index (χ0) is 10.0. The summed E-state index contributed by atoms with van der Waals surface area (Å²) in [5.41, 5.74) is 1.47. The van der Waals surface area contributed by atoms with E-state index >= 15 is 0 Å². The minimum atomic E-state index is -0.140. The van der Waals surface area contributed by atoms with Crippen molar-refractivity contribution in [3.05, 3.63) is 33.8 Å². The van der Waals surface area contributed by atoms with Gasteiger partial charge in [-0.1, -0.05) is 17.7 Å². The van der Waals surface area contributed by atoms with Gasteiger partial charge in [-0.15, -0.1) is 0 Å². The van der Waals surface area contributed by atoms with E-state index < -0.39 is 0 Å². The van der Waals surface area contributed by atoms with E-state index in [9.17, 15) is 4.79 Å². The molecule has 0 saturated carbocycles. The first-order valence-corrected chi connectivity index (χ1v) is 4.16. The fraction of sp³-hybridized carbons (Fsp3) is 0.200. The predicted octanol–water partition coefficient (Wildman–Crippen LogP) is 2.72. The van der Waals surface area contributed by atoms with E-state index in [1.165, 1.54) is 6.92 Å². The number of rotatable bonds is 1. The third-order valence-electron chi connectivity index (χ3n) is 1.83. The zero-order valence-electron chi connectivity index (χ0n) is 7.39. The van der Waals surface area contributed by atoms with Crippen LogP contribution in [0.1, 0.15) is 28.4 Å². The Morgan fingerprint density at radius 2 is 2.15 bits per heavy atom. The number of halogens is 1. The molecule has 0 N–H and O–H groups in total. The van der Waals surface area contributed by atoms with Gasteiger partial charge in [0.25, 0.3) is 0 Å². The van der Waals surface area contributed by atoms with E-state index in [0.717, 1.165) is 5.56 Å². The molecule has 0 heterocycles. The number of aryl methyl sites for hydroxylation is 1. The summed E-state index contributed by atoms with van der Waals surface area (Å²) in [6.07, 6.45) is 0. The smallest absolute Gasteiger partial charge is 0.161 e. The number of Topliss-reactive ketones (excluding diaryl/α,β-unsaturated/α-hetero) is 1. The number of carbonyl (C=O) groups is 1. The molecule has 0 atom stereocenters. The third kappa shape index (κ3) is 1.71. The van der Waals surface area contributed by atoms with Crippen molar-refractivity contribution in [2.45, 2.75) is 13.8 Å². The molecule has 0 aliphatic rings. The van der Waals surface area contributed by atoms with E-state index in [1.54, 1.807) is 19.1 Å². The van der Waals surface area contributed by atoms with Gasteiger partial charge in [0.05, 0.1) is 10.6 Å². The van der Waals surface area contributed by atoms with Crippen LogP contribution in [-0.4, -0.2) is 5.78 Å². The lowest BCUT2D eigenvalue weighted by Crippen LogP contribution is -1.98. The maximum Gasteiger partial charge on any atom is 0.161 e. The summed E-state index contributed by atoms with van der Waals surface area (Å²) in [4.78, 5) is 11.1. The molecule has 1 aromatic rings. The minimum absolute atomic E-state index is 0.140. The highest BCUT2D eigenvalue weighted by atomic mass is 35.5. The van der Waals surface area contributed by atoms with Crippen molar-refractivity contribution in [1.82, 2.24) is 0 Å². The normalized spacial score (nSPS) is 9.38. The maximum atomic E-state index is 11.1. The first-order chi connectivity index (χ1) is 6.07. The van der Waals surface area contributed by atoms with Crippen molar-refractivity contribution in [1.29, 1.82) is 5.26 Å². The number of nitriles is 1. The summed E-state index contributed by atoms with van der Waals surface area (Å²) in [7, 11) is 0. The average molecular weight is 194 g/mol. The van der Waals surface area contributed by atoms with Crippen LogP contribution in [0.2, 0.25) is 5.02 Å². The van der Waals surface area contributed by atoms with E-state index in [-0.39, 0.29) is 11.3 Å². The van der Waals surface area contributed by atoms with Gasteiger partial charge in [-0.05, 0) is 25.5 Å². The second-order valence-electron chi connectivity index (χ2n) is 2.79. The van der Waals surface area contributed by atoms with Crippen LogP contribution in [0.15, 0.2) is 12.1 Å². The Labute approximate surface area is 81.7 Å². The molecule has 0 bridgehead atoms. The van der Waals surface area contributed by atoms with Crippen molar-refractivity contribution < 1.29 is 4.79 Å². The minimum Gasteiger partial charge on any atom is -0.294 e. The number of hydrogen-bond acceptors (Lipinski definition) is 2. The van der Waals surface area contributed by atoms with Gasteiger partial charge >= 0.3 is 0 Å². The fourth-order valence-electron chi connectivity index (χ4n) is 1.08. The highest BCUT2D eigenvalue weighted by Gasteiger charge is 2.11. The molecular weight excluding hydrogens is 186 g/mol. The summed E-state index contributed by atoms with van der Waals surface area (Å²) in [6.45, 7) is 3.22. The average Bonchev–Trinajstić information content (AvgIpc) is 2.09. The summed E-state index contributed by atoms with van der Waals surface area (Å²) < 4.78 is 0. The lowest BCUT2D eigenvalue weighted by atomic mass is 10.0. The van der Waals surface area contributed by atoms with Crippen LogP contribution in [0.25, 0.3) is 0 Å². The Morgan fingerprint density at radius 3 is 2.62 bits per heavy atom. The number of benzene rings is 1. The van der Waals surface area contributed by atoms with Gasteiger partial charge < -0.3 is 0 Å². The number of carbonyl (C=O) groups excluding carboxylic acids is 1. The molecule has 1 rings (SSSR count). The Hall–Kier alpha value is -1.33. The molecule has 0 saturated heterocycles. The molecule has 0 fully saturated rings. The molecule has 0 unspecified atom stereocenters. The summed E-state index contributed by atoms with van der Waals surface area (Å²) in [6, 6.07) is 5.30. The molecule has 2 nitrogen and oxygen atoms in total. The van der Waals surface area contributed by atoms with Gasteiger partial charge in [-0.3, -0.25) is 4.79 Å². The van der Waals surface area contributed by atoms with Crippen LogP contribution in [0, 0.1) is 18.3 Å². The van der Waals surface area contributed by atoms with Crippen LogP contribution >= 0.6 is 11.6 Å². The molecule has 0 radical (unpaired) electrons. The van der Waals surface area contributed by atoms with Gasteiger partial charge in [-0.25, -0.2) is 0 Å². The molecule has 0 spiro atoms. The van der Waals surface area contributed by atoms with Crippen molar-refractivity contribution in [3.8, 4) is 6.07 Å². The maximum absolute atomic E-state index is 11.1. The molecule has 13 heavy (non-hydrogen) atoms. The Balaban J connectivity index is 3.50. The standard InChI is InChI=1S/C10H8ClNO/c1-6-3-4-8(7(2)13)9(5-12)10(6)11/h3-4H,1-2H3. The molecule has 0 aliphatic heterocycles. The molecule has 0 aromatic heterocycles. The topological polar surface area (TPSA) is 40.9 Å². The molecule has 1 aromatic carbocycles. The molecule has 0 amide bonds. The molecule has 66 valence electrons. The third-order valence-corrected chi connectivity index (χ3v) is 2.31. The first kappa shape index (κ1) is 9.76. The van der Waals surface area contributed by atoms with Gasteiger partial charge in [0, 0.05) is 5.56 Å². The van der Waals surface area contributed by atoms with E-state index in [1.807, 2.05) is 6.07 Å². The van der Waals surface area contributed by atoms with Crippen LogP contribution in [0.4, 0.5) is 0 Å². The second-order valence-corrected chi connectivity index (χ2v) is 3.16. The number of ketones is 1. The fourth-order valence-corrected chi connectivity index (χ4v) is 1.29. The van der Waals surface area contributed by atoms with Crippen LogP contribution in [-0.2, 0) is 0 Å². The van der Waals surface area contributed by atoms with Crippen molar-refractivity contribution >= 4 is 17.4 Å². The number of hydrogen-bond donors (Lipinski definition) is 0. The van der Waals surface area contributed by atoms with Crippen LogP contribution in [0.5, 0.6) is 0 Å². The summed E-state index contributed by atoms with van der Waals surface area (Å²) in [5.74, 6) is -0.140. The monoisotopic (exact) mass is 193 g/mol. The summed E-state index contributed by atoms with van der Waals surface area (Å²) >= 11 is 5.87. The first-order valence-electron chi connectivity index (χ1n) is 3.78. The highest BCUT2D eigenvalue weighted by Crippen LogP contribution is 2.23. The predicted molar refractivity (Wildman–Crippen MR) is 50.9 cm³/mol.